The maximum atomic E-state index is 11.3. The van der Waals surface area contributed by atoms with Gasteiger partial charge in [-0.25, -0.2) is 4.79 Å². The van der Waals surface area contributed by atoms with Gasteiger partial charge in [0.2, 0.25) is 5.91 Å². The van der Waals surface area contributed by atoms with Crippen LogP contribution in [0.3, 0.4) is 0 Å². The normalized spacial score (nSPS) is 13.2. The van der Waals surface area contributed by atoms with Crippen molar-refractivity contribution in [2.24, 2.45) is 5.92 Å². The van der Waals surface area contributed by atoms with Crippen LogP contribution in [0.5, 0.6) is 0 Å². The van der Waals surface area contributed by atoms with E-state index in [4.69, 9.17) is 4.74 Å². The minimum Gasteiger partial charge on any atom is -0.444 e. The minimum atomic E-state index is -0.678. The topological polar surface area (TPSA) is 55.4 Å². The number of rotatable bonds is 2. The molecular weight excluding hydrogens is 182 g/mol. The van der Waals surface area contributed by atoms with Gasteiger partial charge < -0.3 is 4.74 Å². The van der Waals surface area contributed by atoms with Crippen LogP contribution in [0.15, 0.2) is 0 Å². The van der Waals surface area contributed by atoms with Gasteiger partial charge in [-0.1, -0.05) is 13.8 Å². The van der Waals surface area contributed by atoms with Gasteiger partial charge in [-0.15, -0.1) is 0 Å². The number of carbonyl (C=O) groups excluding carboxylic acids is 2. The third-order valence-electron chi connectivity index (χ3n) is 1.68. The first kappa shape index (κ1) is 12.9. The van der Waals surface area contributed by atoms with Crippen LogP contribution in [0.4, 0.5) is 4.79 Å². The van der Waals surface area contributed by atoms with E-state index in [9.17, 15) is 9.59 Å². The minimum absolute atomic E-state index is 0.164. The van der Waals surface area contributed by atoms with Crippen molar-refractivity contribution in [1.29, 1.82) is 0 Å². The molecule has 0 aromatic heterocycles. The van der Waals surface area contributed by atoms with Gasteiger partial charge in [-0.2, -0.15) is 0 Å². The monoisotopic (exact) mass is 201 g/mol. The van der Waals surface area contributed by atoms with Crippen LogP contribution in [-0.4, -0.2) is 17.6 Å². The van der Waals surface area contributed by atoms with E-state index in [0.717, 1.165) is 0 Å². The van der Waals surface area contributed by atoms with Gasteiger partial charge in [0.25, 0.3) is 0 Å². The first-order valence-electron chi connectivity index (χ1n) is 4.80. The summed E-state index contributed by atoms with van der Waals surface area (Å²) in [4.78, 5) is 22.4. The lowest BCUT2D eigenvalue weighted by Crippen LogP contribution is -2.38. The summed E-state index contributed by atoms with van der Waals surface area (Å²) in [7, 11) is 0. The maximum absolute atomic E-state index is 11.3. The lowest BCUT2D eigenvalue weighted by Gasteiger charge is -2.19. The van der Waals surface area contributed by atoms with E-state index >= 15 is 0 Å². The number of hydrogen-bond donors (Lipinski definition) is 1. The first-order valence-corrected chi connectivity index (χ1v) is 4.80. The Balaban J connectivity index is 4.02. The molecule has 0 bridgehead atoms. The summed E-state index contributed by atoms with van der Waals surface area (Å²) in [6.45, 7) is 8.90. The molecule has 0 saturated carbocycles. The van der Waals surface area contributed by atoms with Gasteiger partial charge in [-0.05, 0) is 27.2 Å². The van der Waals surface area contributed by atoms with Crippen molar-refractivity contribution in [2.75, 3.05) is 0 Å². The molecular formula is C10H19NO3. The van der Waals surface area contributed by atoms with Gasteiger partial charge in [0.15, 0.2) is 0 Å². The molecule has 82 valence electrons. The van der Waals surface area contributed by atoms with E-state index < -0.39 is 11.7 Å². The quantitative estimate of drug-likeness (QED) is 0.744. The molecule has 0 heterocycles. The van der Waals surface area contributed by atoms with Crippen molar-refractivity contribution in [1.82, 2.24) is 5.32 Å². The standard InChI is InChI=1S/C10H19NO3/c1-6-7(2)8(12)11-9(13)14-10(3,4)5/h7H,6H2,1-5H3,(H,11,12,13). The lowest BCUT2D eigenvalue weighted by atomic mass is 10.1. The van der Waals surface area contributed by atoms with Crippen molar-refractivity contribution in [3.8, 4) is 0 Å². The average Bonchev–Trinajstić information content (AvgIpc) is 1.99. The summed E-state index contributed by atoms with van der Waals surface area (Å²) in [6, 6.07) is 0. The molecule has 14 heavy (non-hydrogen) atoms. The zero-order chi connectivity index (χ0) is 11.4. The molecule has 1 atom stereocenters. The van der Waals surface area contributed by atoms with E-state index in [2.05, 4.69) is 5.32 Å². The molecule has 0 saturated heterocycles. The fourth-order valence-electron chi connectivity index (χ4n) is 0.713. The number of amides is 2. The number of nitrogens with one attached hydrogen (secondary N) is 1. The molecule has 0 aromatic carbocycles. The molecule has 0 radical (unpaired) electrons. The Kier molecular flexibility index (Phi) is 4.60. The number of imide groups is 1. The highest BCUT2D eigenvalue weighted by molar-refractivity contribution is 5.92. The fraction of sp³-hybridized carbons (Fsp3) is 0.800. The second-order valence-electron chi connectivity index (χ2n) is 4.30. The number of hydrogen-bond acceptors (Lipinski definition) is 3. The summed E-state index contributed by atoms with van der Waals surface area (Å²) < 4.78 is 4.93. The highest BCUT2D eigenvalue weighted by Gasteiger charge is 2.19. The van der Waals surface area contributed by atoms with E-state index in [1.165, 1.54) is 0 Å². The first-order chi connectivity index (χ1) is 6.26. The van der Waals surface area contributed by atoms with Crippen LogP contribution < -0.4 is 5.32 Å². The molecule has 0 aromatic rings. The Morgan fingerprint density at radius 3 is 2.21 bits per heavy atom. The molecule has 0 aliphatic heterocycles. The number of carbonyl (C=O) groups is 2. The van der Waals surface area contributed by atoms with Gasteiger partial charge in [0.1, 0.15) is 5.60 Å². The van der Waals surface area contributed by atoms with Crippen LogP contribution in [0.25, 0.3) is 0 Å². The second-order valence-corrected chi connectivity index (χ2v) is 4.30. The Hall–Kier alpha value is -1.06. The Morgan fingerprint density at radius 2 is 1.86 bits per heavy atom. The molecule has 4 heteroatoms. The molecule has 2 amide bonds. The summed E-state index contributed by atoms with van der Waals surface area (Å²) in [5, 5.41) is 2.19. The second kappa shape index (κ2) is 4.98. The van der Waals surface area contributed by atoms with Gasteiger partial charge in [-0.3, -0.25) is 10.1 Å². The van der Waals surface area contributed by atoms with Crippen LogP contribution in [0.2, 0.25) is 0 Å². The number of alkyl carbamates (subject to hydrolysis) is 1. The van der Waals surface area contributed by atoms with Crippen LogP contribution in [0, 0.1) is 5.92 Å². The Morgan fingerprint density at radius 1 is 1.36 bits per heavy atom. The molecule has 0 rings (SSSR count). The van der Waals surface area contributed by atoms with E-state index in [1.807, 2.05) is 6.92 Å². The summed E-state index contributed by atoms with van der Waals surface area (Å²) in [6.07, 6.45) is 0.0250. The Labute approximate surface area is 85.0 Å². The molecule has 4 nitrogen and oxygen atoms in total. The molecule has 0 aliphatic carbocycles. The van der Waals surface area contributed by atoms with Crippen LogP contribution in [-0.2, 0) is 9.53 Å². The smallest absolute Gasteiger partial charge is 0.414 e. The average molecular weight is 201 g/mol. The van der Waals surface area contributed by atoms with Crippen molar-refractivity contribution in [3.63, 3.8) is 0 Å². The third-order valence-corrected chi connectivity index (χ3v) is 1.68. The SMILES string of the molecule is CCC(C)C(=O)NC(=O)OC(C)(C)C. The van der Waals surface area contributed by atoms with Crippen molar-refractivity contribution in [3.05, 3.63) is 0 Å². The van der Waals surface area contributed by atoms with Crippen LogP contribution in [0.1, 0.15) is 41.0 Å². The molecule has 0 fully saturated rings. The molecule has 1 unspecified atom stereocenters. The predicted molar refractivity (Wildman–Crippen MR) is 53.8 cm³/mol. The van der Waals surface area contributed by atoms with Gasteiger partial charge in [0.05, 0.1) is 0 Å². The molecule has 0 aliphatic rings. The van der Waals surface area contributed by atoms with Gasteiger partial charge >= 0.3 is 6.09 Å². The highest BCUT2D eigenvalue weighted by Crippen LogP contribution is 2.07. The summed E-state index contributed by atoms with van der Waals surface area (Å²) in [5.41, 5.74) is -0.570. The highest BCUT2D eigenvalue weighted by atomic mass is 16.6. The Bertz CT molecular complexity index is 218. The molecule has 1 N–H and O–H groups in total. The zero-order valence-corrected chi connectivity index (χ0v) is 9.51. The van der Waals surface area contributed by atoms with Crippen molar-refractivity contribution >= 4 is 12.0 Å². The maximum Gasteiger partial charge on any atom is 0.414 e. The summed E-state index contributed by atoms with van der Waals surface area (Å²) >= 11 is 0. The third kappa shape index (κ3) is 5.56. The largest absolute Gasteiger partial charge is 0.444 e. The predicted octanol–water partition coefficient (Wildman–Crippen LogP) is 2.08. The lowest BCUT2D eigenvalue weighted by molar-refractivity contribution is -0.124. The fourth-order valence-corrected chi connectivity index (χ4v) is 0.713. The van der Waals surface area contributed by atoms with Crippen molar-refractivity contribution < 1.29 is 14.3 Å². The number of ether oxygens (including phenoxy) is 1. The van der Waals surface area contributed by atoms with Crippen LogP contribution >= 0.6 is 0 Å². The van der Waals surface area contributed by atoms with E-state index in [0.29, 0.717) is 6.42 Å². The van der Waals surface area contributed by atoms with Crippen molar-refractivity contribution in [2.45, 2.75) is 46.6 Å². The van der Waals surface area contributed by atoms with E-state index in [1.54, 1.807) is 27.7 Å². The van der Waals surface area contributed by atoms with E-state index in [-0.39, 0.29) is 11.8 Å². The zero-order valence-electron chi connectivity index (χ0n) is 9.51. The summed E-state index contributed by atoms with van der Waals surface area (Å²) in [5.74, 6) is -0.454. The molecule has 0 spiro atoms. The van der Waals surface area contributed by atoms with Gasteiger partial charge in [0, 0.05) is 5.92 Å².